The van der Waals surface area contributed by atoms with Crippen molar-refractivity contribution in [1.29, 1.82) is 0 Å². The summed E-state index contributed by atoms with van der Waals surface area (Å²) in [4.78, 5) is 22.8. The fourth-order valence-electron chi connectivity index (χ4n) is 4.99. The summed E-state index contributed by atoms with van der Waals surface area (Å²) in [6.07, 6.45) is 5.09. The lowest BCUT2D eigenvalue weighted by Gasteiger charge is -2.30. The van der Waals surface area contributed by atoms with E-state index >= 15 is 0 Å². The first-order valence-electron chi connectivity index (χ1n) is 13.2. The Morgan fingerprint density at radius 3 is 2.26 bits per heavy atom. The molecule has 1 aromatic heterocycles. The van der Waals surface area contributed by atoms with Gasteiger partial charge in [0.05, 0.1) is 15.1 Å². The number of halogens is 1. The Labute approximate surface area is 237 Å². The number of aromatic nitrogens is 1. The molecule has 0 bridgehead atoms. The third kappa shape index (κ3) is 6.57. The zero-order valence-corrected chi connectivity index (χ0v) is 25.1. The highest BCUT2D eigenvalue weighted by atomic mass is 35.5. The molecule has 1 saturated carbocycles. The first-order chi connectivity index (χ1) is 17.8. The van der Waals surface area contributed by atoms with E-state index in [0.717, 1.165) is 61.1 Å². The minimum Gasteiger partial charge on any atom is -1.00 e. The van der Waals surface area contributed by atoms with Crippen LogP contribution in [0.25, 0.3) is 10.2 Å². The van der Waals surface area contributed by atoms with E-state index in [4.69, 9.17) is 4.98 Å². The number of nitrogens with zero attached hydrogens (tertiary/aromatic N) is 4. The number of thiazole rings is 1. The number of para-hydroxylation sites is 1. The molecule has 0 spiro atoms. The quantitative estimate of drug-likeness (QED) is 0.370. The Morgan fingerprint density at radius 2 is 1.66 bits per heavy atom. The van der Waals surface area contributed by atoms with Gasteiger partial charge in [0, 0.05) is 31.7 Å². The molecule has 0 radical (unpaired) electrons. The number of fused-ring (bicyclic) bond motifs is 1. The molecule has 1 aliphatic carbocycles. The second-order valence-corrected chi connectivity index (χ2v) is 12.7. The maximum absolute atomic E-state index is 13.8. The predicted molar refractivity (Wildman–Crippen MR) is 152 cm³/mol. The van der Waals surface area contributed by atoms with Crippen molar-refractivity contribution in [2.45, 2.75) is 63.8 Å². The number of sulfonamides is 1. The van der Waals surface area contributed by atoms with E-state index in [9.17, 15) is 13.2 Å². The lowest BCUT2D eigenvalue weighted by atomic mass is 9.96. The normalized spacial score (nSPS) is 14.7. The first kappa shape index (κ1) is 30.5. The fraction of sp³-hybridized carbons (Fsp3) is 0.500. The molecule has 1 aliphatic rings. The van der Waals surface area contributed by atoms with Gasteiger partial charge in [-0.05, 0) is 68.8 Å². The molecule has 38 heavy (non-hydrogen) atoms. The van der Waals surface area contributed by atoms with Gasteiger partial charge in [-0.1, -0.05) is 56.6 Å². The molecule has 10 heteroatoms. The zero-order valence-electron chi connectivity index (χ0n) is 22.7. The van der Waals surface area contributed by atoms with Gasteiger partial charge in [0.1, 0.15) is 0 Å². The summed E-state index contributed by atoms with van der Waals surface area (Å²) < 4.78 is 29.1. The molecule has 0 unspecified atom stereocenters. The van der Waals surface area contributed by atoms with E-state index in [2.05, 4.69) is 18.7 Å². The summed E-state index contributed by atoms with van der Waals surface area (Å²) in [5.41, 5.74) is 2.44. The Kier molecular flexibility index (Phi) is 10.7. The standard InChI is InChI=1S/C28H38N4O3S2.ClH/c1-5-31(6-2)19-20-32(28-29-26-21(3)11-10-14-25(26)36-28)27(33)22-15-17-24(18-16-22)37(34,35)30(4)23-12-8-7-9-13-23;/h10-11,14-18,23H,5-9,12-13,19-20H2,1-4H3;1H/p-1. The van der Waals surface area contributed by atoms with Crippen LogP contribution in [0.5, 0.6) is 0 Å². The SMILES string of the molecule is CCN(CC)CCN(C(=O)c1ccc(S(=O)(=O)N(C)C2CCCCC2)cc1)c1nc2c(C)cccc2s1.[Cl-]. The van der Waals surface area contributed by atoms with Crippen LogP contribution in [0.2, 0.25) is 0 Å². The maximum atomic E-state index is 13.8. The van der Waals surface area contributed by atoms with Gasteiger partial charge in [-0.3, -0.25) is 9.69 Å². The third-order valence-corrected chi connectivity index (χ3v) is 10.5. The van der Waals surface area contributed by atoms with E-state index in [1.165, 1.54) is 22.1 Å². The highest BCUT2D eigenvalue weighted by Crippen LogP contribution is 2.32. The number of carbonyl (C=O) groups is 1. The monoisotopic (exact) mass is 577 g/mol. The number of aryl methyl sites for hydroxylation is 1. The maximum Gasteiger partial charge on any atom is 0.260 e. The Hall–Kier alpha value is -2.04. The average molecular weight is 578 g/mol. The molecule has 1 amide bonds. The number of benzene rings is 2. The number of hydrogen-bond acceptors (Lipinski definition) is 6. The molecule has 2 aromatic carbocycles. The van der Waals surface area contributed by atoms with Gasteiger partial charge in [0.25, 0.3) is 5.91 Å². The topological polar surface area (TPSA) is 73.8 Å². The van der Waals surface area contributed by atoms with Crippen LogP contribution in [0.15, 0.2) is 47.4 Å². The highest BCUT2D eigenvalue weighted by Gasteiger charge is 2.29. The predicted octanol–water partition coefficient (Wildman–Crippen LogP) is 2.55. The number of amides is 1. The summed E-state index contributed by atoms with van der Waals surface area (Å²) in [6, 6.07) is 12.5. The molecule has 0 aliphatic heterocycles. The number of anilines is 1. The van der Waals surface area contributed by atoms with Crippen molar-refractivity contribution >= 4 is 42.6 Å². The van der Waals surface area contributed by atoms with Crippen molar-refractivity contribution in [3.8, 4) is 0 Å². The highest BCUT2D eigenvalue weighted by molar-refractivity contribution is 7.89. The largest absolute Gasteiger partial charge is 1.00 e. The van der Waals surface area contributed by atoms with Crippen LogP contribution >= 0.6 is 11.3 Å². The van der Waals surface area contributed by atoms with Gasteiger partial charge in [-0.15, -0.1) is 0 Å². The van der Waals surface area contributed by atoms with Crippen LogP contribution in [-0.2, 0) is 10.0 Å². The van der Waals surface area contributed by atoms with Gasteiger partial charge in [0.15, 0.2) is 5.13 Å². The van der Waals surface area contributed by atoms with E-state index in [1.807, 2.05) is 25.1 Å². The number of rotatable bonds is 10. The lowest BCUT2D eigenvalue weighted by molar-refractivity contribution is -0.0000179. The second kappa shape index (κ2) is 13.3. The molecule has 1 fully saturated rings. The molecule has 208 valence electrons. The van der Waals surface area contributed by atoms with Crippen molar-refractivity contribution < 1.29 is 25.6 Å². The molecule has 7 nitrogen and oxygen atoms in total. The lowest BCUT2D eigenvalue weighted by Crippen LogP contribution is -3.00. The molecule has 0 atom stereocenters. The summed E-state index contributed by atoms with van der Waals surface area (Å²) in [5.74, 6) is -0.173. The van der Waals surface area contributed by atoms with Crippen molar-refractivity contribution in [3.63, 3.8) is 0 Å². The molecular formula is C28H38ClN4O3S2-. The minimum absolute atomic E-state index is 0. The van der Waals surface area contributed by atoms with Crippen LogP contribution in [0.3, 0.4) is 0 Å². The van der Waals surface area contributed by atoms with Crippen LogP contribution in [0.4, 0.5) is 5.13 Å². The summed E-state index contributed by atoms with van der Waals surface area (Å²) in [7, 11) is -1.94. The molecule has 4 rings (SSSR count). The third-order valence-electron chi connectivity index (χ3n) is 7.49. The average Bonchev–Trinajstić information content (AvgIpc) is 3.36. The fourth-order valence-corrected chi connectivity index (χ4v) is 7.47. The molecule has 0 N–H and O–H groups in total. The van der Waals surface area contributed by atoms with E-state index in [0.29, 0.717) is 17.2 Å². The van der Waals surface area contributed by atoms with Gasteiger partial charge in [0.2, 0.25) is 10.0 Å². The Morgan fingerprint density at radius 1 is 1.00 bits per heavy atom. The summed E-state index contributed by atoms with van der Waals surface area (Å²) in [6.45, 7) is 9.28. The van der Waals surface area contributed by atoms with Crippen LogP contribution in [0.1, 0.15) is 61.9 Å². The van der Waals surface area contributed by atoms with Gasteiger partial charge in [-0.2, -0.15) is 4.31 Å². The first-order valence-corrected chi connectivity index (χ1v) is 15.5. The Balaban J connectivity index is 0.00000400. The number of carbonyl (C=O) groups excluding carboxylic acids is 1. The van der Waals surface area contributed by atoms with Gasteiger partial charge < -0.3 is 17.3 Å². The van der Waals surface area contributed by atoms with Crippen molar-refractivity contribution in [2.75, 3.05) is 38.1 Å². The van der Waals surface area contributed by atoms with Crippen molar-refractivity contribution in [1.82, 2.24) is 14.2 Å². The molecule has 1 heterocycles. The number of likely N-dealkylation sites (N-methyl/N-ethyl adjacent to an activating group) is 1. The minimum atomic E-state index is -3.61. The molecule has 3 aromatic rings. The smallest absolute Gasteiger partial charge is 0.260 e. The van der Waals surface area contributed by atoms with Crippen LogP contribution < -0.4 is 17.3 Å². The van der Waals surface area contributed by atoms with Gasteiger partial charge in [-0.25, -0.2) is 13.4 Å². The van der Waals surface area contributed by atoms with E-state index in [1.54, 1.807) is 36.2 Å². The molecular weight excluding hydrogens is 540 g/mol. The second-order valence-electron chi connectivity index (χ2n) is 9.74. The van der Waals surface area contributed by atoms with E-state index in [-0.39, 0.29) is 29.3 Å². The molecule has 0 saturated heterocycles. The summed E-state index contributed by atoms with van der Waals surface area (Å²) in [5, 5.41) is 0.662. The summed E-state index contributed by atoms with van der Waals surface area (Å²) >= 11 is 1.51. The Bertz CT molecular complexity index is 1320. The zero-order chi connectivity index (χ0) is 26.6. The number of hydrogen-bond donors (Lipinski definition) is 0. The van der Waals surface area contributed by atoms with Crippen LogP contribution in [0, 0.1) is 6.92 Å². The van der Waals surface area contributed by atoms with Crippen molar-refractivity contribution in [3.05, 3.63) is 53.6 Å². The van der Waals surface area contributed by atoms with Crippen molar-refractivity contribution in [2.24, 2.45) is 0 Å². The van der Waals surface area contributed by atoms with E-state index < -0.39 is 10.0 Å². The van der Waals surface area contributed by atoms with Gasteiger partial charge >= 0.3 is 0 Å². The van der Waals surface area contributed by atoms with Crippen LogP contribution in [-0.4, -0.2) is 67.8 Å².